The molecule has 1 aliphatic heterocycles. The number of nitro benzene ring substituents is 1. The quantitative estimate of drug-likeness (QED) is 0.101. The zero-order valence-electron chi connectivity index (χ0n) is 25.2. The number of thioether (sulfide) groups is 1. The van der Waals surface area contributed by atoms with E-state index >= 15 is 0 Å². The van der Waals surface area contributed by atoms with Crippen molar-refractivity contribution in [2.75, 3.05) is 12.4 Å². The van der Waals surface area contributed by atoms with E-state index in [9.17, 15) is 19.7 Å². The lowest BCUT2D eigenvalue weighted by atomic mass is 10.00. The van der Waals surface area contributed by atoms with Crippen LogP contribution in [0, 0.1) is 17.0 Å². The van der Waals surface area contributed by atoms with Crippen molar-refractivity contribution in [2.45, 2.75) is 31.1 Å². The molecule has 47 heavy (non-hydrogen) atoms. The van der Waals surface area contributed by atoms with Crippen molar-refractivity contribution in [1.82, 2.24) is 25.1 Å². The van der Waals surface area contributed by atoms with Gasteiger partial charge in [-0.3, -0.25) is 24.3 Å². The Hall–Kier alpha value is -5.34. The van der Waals surface area contributed by atoms with Crippen LogP contribution in [0.2, 0.25) is 0 Å². The van der Waals surface area contributed by atoms with Crippen molar-refractivity contribution >= 4 is 46.3 Å². The number of carbonyl (C=O) groups is 2. The molecule has 1 unspecified atom stereocenters. The van der Waals surface area contributed by atoms with Crippen LogP contribution in [-0.4, -0.2) is 54.6 Å². The van der Waals surface area contributed by atoms with Crippen molar-refractivity contribution in [2.24, 2.45) is 5.10 Å². The minimum Gasteiger partial charge on any atom is -0.484 e. The molecule has 2 aromatic heterocycles. The molecule has 0 spiro atoms. The number of aromatic nitrogens is 3. The summed E-state index contributed by atoms with van der Waals surface area (Å²) in [5.74, 6) is 0.366. The van der Waals surface area contributed by atoms with Gasteiger partial charge in [-0.1, -0.05) is 65.9 Å². The summed E-state index contributed by atoms with van der Waals surface area (Å²) < 4.78 is 7.20. The molecule has 0 saturated carbocycles. The lowest BCUT2D eigenvalue weighted by Gasteiger charge is -2.22. The van der Waals surface area contributed by atoms with Crippen molar-refractivity contribution in [3.63, 3.8) is 0 Å². The number of benzene rings is 3. The SMILES string of the molecule is Cc1ccc(C2CC(c3cccs3)=NN2C(=O)CSc2nnc(CNC(=O)COc3ccccc3)n2-c2ccc([N+](=O)[O-])cc2)cc1. The number of para-hydroxylation sites is 1. The van der Waals surface area contributed by atoms with Gasteiger partial charge in [0.15, 0.2) is 17.6 Å². The van der Waals surface area contributed by atoms with Crippen LogP contribution < -0.4 is 10.1 Å². The van der Waals surface area contributed by atoms with Gasteiger partial charge in [-0.05, 0) is 48.2 Å². The molecule has 14 heteroatoms. The number of amides is 2. The first kappa shape index (κ1) is 31.6. The zero-order chi connectivity index (χ0) is 32.8. The van der Waals surface area contributed by atoms with Crippen LogP contribution >= 0.6 is 23.1 Å². The number of nitrogens with zero attached hydrogens (tertiary/aromatic N) is 6. The molecular weight excluding hydrogens is 639 g/mol. The Morgan fingerprint density at radius 1 is 1.02 bits per heavy atom. The highest BCUT2D eigenvalue weighted by Gasteiger charge is 2.33. The topological polar surface area (TPSA) is 145 Å². The molecule has 0 fully saturated rings. The fraction of sp³-hybridized carbons (Fsp3) is 0.182. The highest BCUT2D eigenvalue weighted by Crippen LogP contribution is 2.35. The monoisotopic (exact) mass is 667 g/mol. The molecule has 1 atom stereocenters. The summed E-state index contributed by atoms with van der Waals surface area (Å²) in [6.07, 6.45) is 0.594. The predicted octanol–water partition coefficient (Wildman–Crippen LogP) is 5.71. The zero-order valence-corrected chi connectivity index (χ0v) is 26.8. The van der Waals surface area contributed by atoms with Crippen LogP contribution in [0.4, 0.5) is 5.69 Å². The lowest BCUT2D eigenvalue weighted by molar-refractivity contribution is -0.384. The van der Waals surface area contributed by atoms with E-state index in [1.54, 1.807) is 45.2 Å². The molecule has 238 valence electrons. The Bertz CT molecular complexity index is 1890. The molecule has 12 nitrogen and oxygen atoms in total. The number of rotatable bonds is 12. The second-order valence-corrected chi connectivity index (χ2v) is 12.5. The van der Waals surface area contributed by atoms with Gasteiger partial charge in [-0.15, -0.1) is 21.5 Å². The Balaban J connectivity index is 1.20. The maximum Gasteiger partial charge on any atom is 0.269 e. The standard InChI is InChI=1S/C33H29N7O5S2/c1-22-9-11-23(12-10-22)28-18-27(29-8-5-17-46-29)37-39(28)32(42)21-47-33-36-35-30(38(33)24-13-15-25(16-14-24)40(43)44)19-34-31(41)20-45-26-6-3-2-4-7-26/h2-17,28H,18-21H2,1H3,(H,34,41). The number of hydrogen-bond donors (Lipinski definition) is 1. The first-order valence-corrected chi connectivity index (χ1v) is 16.5. The van der Waals surface area contributed by atoms with Crippen LogP contribution in [-0.2, 0) is 16.1 Å². The van der Waals surface area contributed by atoms with Crippen LogP contribution in [0.1, 0.15) is 34.3 Å². The van der Waals surface area contributed by atoms with Gasteiger partial charge >= 0.3 is 0 Å². The van der Waals surface area contributed by atoms with E-state index in [4.69, 9.17) is 9.84 Å². The molecule has 3 aromatic carbocycles. The second-order valence-electron chi connectivity index (χ2n) is 10.6. The Morgan fingerprint density at radius 2 is 1.79 bits per heavy atom. The lowest BCUT2D eigenvalue weighted by Crippen LogP contribution is -2.29. The molecule has 1 N–H and O–H groups in total. The maximum absolute atomic E-state index is 13.8. The third-order valence-electron chi connectivity index (χ3n) is 7.33. The number of hydrazone groups is 1. The largest absolute Gasteiger partial charge is 0.484 e. The summed E-state index contributed by atoms with van der Waals surface area (Å²) in [6, 6.07) is 26.7. The van der Waals surface area contributed by atoms with Crippen molar-refractivity contribution in [3.8, 4) is 11.4 Å². The molecule has 0 radical (unpaired) electrons. The number of nitrogens with one attached hydrogen (secondary N) is 1. The Morgan fingerprint density at radius 3 is 2.49 bits per heavy atom. The molecule has 0 aliphatic carbocycles. The first-order chi connectivity index (χ1) is 22.9. The molecular formula is C33H29N7O5S2. The summed E-state index contributed by atoms with van der Waals surface area (Å²) in [5.41, 5.74) is 3.44. The van der Waals surface area contributed by atoms with Gasteiger partial charge in [-0.25, -0.2) is 5.01 Å². The van der Waals surface area contributed by atoms with Crippen LogP contribution in [0.3, 0.4) is 0 Å². The van der Waals surface area contributed by atoms with Gasteiger partial charge in [0.2, 0.25) is 0 Å². The Kier molecular flexibility index (Phi) is 9.69. The Labute approximate surface area is 278 Å². The van der Waals surface area contributed by atoms with Crippen LogP contribution in [0.25, 0.3) is 5.69 Å². The number of hydrogen-bond acceptors (Lipinski definition) is 10. The molecule has 0 saturated heterocycles. The van der Waals surface area contributed by atoms with E-state index in [-0.39, 0.29) is 42.4 Å². The van der Waals surface area contributed by atoms with E-state index < -0.39 is 4.92 Å². The maximum atomic E-state index is 13.8. The molecule has 5 aromatic rings. The van der Waals surface area contributed by atoms with Crippen molar-refractivity contribution in [3.05, 3.63) is 128 Å². The second kappa shape index (κ2) is 14.4. The fourth-order valence-corrected chi connectivity index (χ4v) is 6.50. The molecule has 1 aliphatic rings. The van der Waals surface area contributed by atoms with Gasteiger partial charge in [-0.2, -0.15) is 5.10 Å². The van der Waals surface area contributed by atoms with Crippen molar-refractivity contribution in [1.29, 1.82) is 0 Å². The van der Waals surface area contributed by atoms with E-state index in [0.29, 0.717) is 28.8 Å². The normalized spacial score (nSPS) is 14.1. The predicted molar refractivity (Wildman–Crippen MR) is 179 cm³/mol. The summed E-state index contributed by atoms with van der Waals surface area (Å²) >= 11 is 2.75. The third-order valence-corrected chi connectivity index (χ3v) is 9.17. The minimum absolute atomic E-state index is 0.00552. The first-order valence-electron chi connectivity index (χ1n) is 14.6. The number of thiophene rings is 1. The van der Waals surface area contributed by atoms with E-state index in [1.807, 2.05) is 66.9 Å². The van der Waals surface area contributed by atoms with Gasteiger partial charge in [0, 0.05) is 24.2 Å². The highest BCUT2D eigenvalue weighted by atomic mass is 32.2. The summed E-state index contributed by atoms with van der Waals surface area (Å²) in [5, 5.41) is 31.3. The number of aryl methyl sites for hydroxylation is 1. The molecule has 2 amide bonds. The average molecular weight is 668 g/mol. The summed E-state index contributed by atoms with van der Waals surface area (Å²) in [6.45, 7) is 1.83. The molecule has 0 bridgehead atoms. The third kappa shape index (κ3) is 7.56. The van der Waals surface area contributed by atoms with Gasteiger partial charge < -0.3 is 10.1 Å². The fourth-order valence-electron chi connectivity index (χ4n) is 4.96. The highest BCUT2D eigenvalue weighted by molar-refractivity contribution is 7.99. The average Bonchev–Trinajstić information content (AvgIpc) is 3.87. The number of nitro groups is 1. The summed E-state index contributed by atoms with van der Waals surface area (Å²) in [4.78, 5) is 38.1. The van der Waals surface area contributed by atoms with E-state index in [0.717, 1.165) is 21.7 Å². The van der Waals surface area contributed by atoms with Crippen molar-refractivity contribution < 1.29 is 19.2 Å². The number of ether oxygens (including phenoxy) is 1. The van der Waals surface area contributed by atoms with Crippen LogP contribution in [0.15, 0.2) is 107 Å². The van der Waals surface area contributed by atoms with E-state index in [1.165, 1.54) is 23.9 Å². The van der Waals surface area contributed by atoms with E-state index in [2.05, 4.69) is 15.5 Å². The van der Waals surface area contributed by atoms with Gasteiger partial charge in [0.25, 0.3) is 17.5 Å². The van der Waals surface area contributed by atoms with Gasteiger partial charge in [0.05, 0.1) is 33.9 Å². The number of non-ortho nitro benzene ring substituents is 1. The minimum atomic E-state index is -0.483. The number of carbonyl (C=O) groups excluding carboxylic acids is 2. The molecule has 3 heterocycles. The molecule has 6 rings (SSSR count). The smallest absolute Gasteiger partial charge is 0.269 e. The van der Waals surface area contributed by atoms with Gasteiger partial charge in [0.1, 0.15) is 5.75 Å². The van der Waals surface area contributed by atoms with Crippen LogP contribution in [0.5, 0.6) is 5.75 Å². The summed E-state index contributed by atoms with van der Waals surface area (Å²) in [7, 11) is 0.